The van der Waals surface area contributed by atoms with E-state index in [1.54, 1.807) is 23.7 Å². The number of hydrogen-bond acceptors (Lipinski definition) is 11. The van der Waals surface area contributed by atoms with E-state index >= 15 is 0 Å². The number of nitrogens with zero attached hydrogens (tertiary/aromatic N) is 7. The van der Waals surface area contributed by atoms with Crippen LogP contribution in [0.3, 0.4) is 0 Å². The molecule has 3 aromatic carbocycles. The van der Waals surface area contributed by atoms with Crippen LogP contribution in [0, 0.1) is 17.2 Å². The van der Waals surface area contributed by atoms with Crippen LogP contribution >= 0.6 is 8.53 Å². The van der Waals surface area contributed by atoms with E-state index in [1.165, 1.54) is 12.7 Å². The zero-order valence-corrected chi connectivity index (χ0v) is 34.3. The molecule has 0 aliphatic rings. The van der Waals surface area contributed by atoms with Crippen LogP contribution in [0.1, 0.15) is 57.7 Å². The largest absolute Gasteiger partial charge is 0.497 e. The summed E-state index contributed by atoms with van der Waals surface area (Å²) in [6, 6.07) is 26.9. The molecule has 0 radical (unpaired) electrons. The van der Waals surface area contributed by atoms with Gasteiger partial charge in [0, 0.05) is 38.6 Å². The Morgan fingerprint density at radius 3 is 1.98 bits per heavy atom. The lowest BCUT2D eigenvalue weighted by molar-refractivity contribution is -0.258. The molecule has 15 heteroatoms. The lowest BCUT2D eigenvalue weighted by Gasteiger charge is -2.48. The third-order valence-electron chi connectivity index (χ3n) is 9.41. The van der Waals surface area contributed by atoms with Gasteiger partial charge in [-0.2, -0.15) is 10.2 Å². The number of nitriles is 1. The first kappa shape index (κ1) is 42.0. The minimum atomic E-state index is -2.35. The average molecular weight is 783 g/mol. The Balaban J connectivity index is 1.79. The molecule has 5 aromatic rings. The number of aromatic amines is 1. The minimum Gasteiger partial charge on any atom is -0.497 e. The molecule has 0 saturated carbocycles. The fraction of sp³-hybridized carbons (Fsp3) is 0.390. The van der Waals surface area contributed by atoms with Gasteiger partial charge < -0.3 is 28.6 Å². The third-order valence-corrected chi connectivity index (χ3v) is 11.2. The molecule has 2 aromatic heterocycles. The van der Waals surface area contributed by atoms with Gasteiger partial charge in [0.1, 0.15) is 17.1 Å². The summed E-state index contributed by atoms with van der Waals surface area (Å²) in [5.74, 6) is -1.11. The van der Waals surface area contributed by atoms with Crippen molar-refractivity contribution < 1.29 is 23.6 Å². The average Bonchev–Trinajstić information content (AvgIpc) is 3.59. The molecule has 0 saturated heterocycles. The Labute approximate surface area is 329 Å². The third kappa shape index (κ3) is 8.94. The number of hydrogen-bond donors (Lipinski definition) is 2. The van der Waals surface area contributed by atoms with Crippen molar-refractivity contribution in [2.24, 2.45) is 10.9 Å². The summed E-state index contributed by atoms with van der Waals surface area (Å²) >= 11 is 0. The lowest BCUT2D eigenvalue weighted by atomic mass is 9.79. The fourth-order valence-electron chi connectivity index (χ4n) is 6.74. The number of H-pyrrole nitrogens is 1. The Morgan fingerprint density at radius 2 is 1.48 bits per heavy atom. The van der Waals surface area contributed by atoms with Crippen LogP contribution in [0.2, 0.25) is 0 Å². The van der Waals surface area contributed by atoms with Gasteiger partial charge in [-0.1, -0.05) is 61.5 Å². The zero-order valence-electron chi connectivity index (χ0n) is 33.4. The standard InChI is InChI=1S/C41H51N8O6P/c1-28(2)49(29(3)4)56(51)55-40(23-24-42,30(5)25-48-27-43-36-37(48)45-39(46-38(36)50)44-26-47(6)7)54-41(31-13-11-10-12-14-31,32-15-19-34(52-8)20-16-32)33-17-21-35(53-9)22-18-33/h10-22,26-30,51H,23,25H2,1-9H3,(H,45,46,50)/t30?,40?,56-/m0/s1. The smallest absolute Gasteiger partial charge is 0.280 e. The van der Waals surface area contributed by atoms with Crippen LogP contribution < -0.4 is 15.0 Å². The van der Waals surface area contributed by atoms with Crippen LogP contribution in [0.4, 0.5) is 5.95 Å². The van der Waals surface area contributed by atoms with E-state index < -0.39 is 31.4 Å². The molecule has 0 bridgehead atoms. The van der Waals surface area contributed by atoms with Crippen LogP contribution in [-0.2, 0) is 21.4 Å². The van der Waals surface area contributed by atoms with Crippen molar-refractivity contribution >= 4 is 32.0 Å². The van der Waals surface area contributed by atoms with Crippen molar-refractivity contribution in [3.05, 3.63) is 112 Å². The summed E-state index contributed by atoms with van der Waals surface area (Å²) in [5.41, 5.74) is 0.697. The summed E-state index contributed by atoms with van der Waals surface area (Å²) in [7, 11) is 4.47. The first-order chi connectivity index (χ1) is 26.8. The summed E-state index contributed by atoms with van der Waals surface area (Å²) in [6.07, 6.45) is 2.76. The van der Waals surface area contributed by atoms with Crippen molar-refractivity contribution in [1.29, 1.82) is 5.26 Å². The molecular formula is C41H51N8O6P. The minimum absolute atomic E-state index is 0.104. The normalized spacial score (nSPS) is 14.3. The van der Waals surface area contributed by atoms with Gasteiger partial charge >= 0.3 is 0 Å². The number of nitrogens with one attached hydrogen (secondary N) is 1. The number of methoxy groups -OCH3 is 2. The molecule has 2 heterocycles. The lowest BCUT2D eigenvalue weighted by Crippen LogP contribution is -2.51. The van der Waals surface area contributed by atoms with E-state index in [0.29, 0.717) is 22.6 Å². The second-order valence-electron chi connectivity index (χ2n) is 14.2. The first-order valence-electron chi connectivity index (χ1n) is 18.3. The number of benzene rings is 3. The maximum absolute atomic E-state index is 13.1. The van der Waals surface area contributed by atoms with Gasteiger partial charge in [0.2, 0.25) is 5.95 Å². The van der Waals surface area contributed by atoms with E-state index in [1.807, 2.05) is 132 Å². The maximum Gasteiger partial charge on any atom is 0.280 e. The van der Waals surface area contributed by atoms with Crippen LogP contribution in [0.15, 0.2) is 95.0 Å². The number of rotatable bonds is 18. The van der Waals surface area contributed by atoms with Gasteiger partial charge in [-0.15, -0.1) is 0 Å². The molecule has 2 N–H and O–H groups in total. The molecule has 56 heavy (non-hydrogen) atoms. The van der Waals surface area contributed by atoms with Crippen molar-refractivity contribution in [3.63, 3.8) is 0 Å². The Kier molecular flexibility index (Phi) is 13.6. The topological polar surface area (TPSA) is 163 Å². The molecule has 0 aliphatic carbocycles. The monoisotopic (exact) mass is 782 g/mol. The molecule has 5 rings (SSSR count). The second-order valence-corrected chi connectivity index (χ2v) is 15.4. The molecule has 0 aliphatic heterocycles. The first-order valence-corrected chi connectivity index (χ1v) is 19.5. The highest BCUT2D eigenvalue weighted by Gasteiger charge is 2.52. The van der Waals surface area contributed by atoms with E-state index in [0.717, 1.165) is 5.56 Å². The second kappa shape index (κ2) is 18.2. The van der Waals surface area contributed by atoms with Gasteiger partial charge in [-0.25, -0.2) is 14.6 Å². The highest BCUT2D eigenvalue weighted by molar-refractivity contribution is 7.43. The fourth-order valence-corrected chi connectivity index (χ4v) is 8.18. The number of ether oxygens (including phenoxy) is 3. The van der Waals surface area contributed by atoms with Crippen molar-refractivity contribution in [2.75, 3.05) is 28.3 Å². The Bertz CT molecular complexity index is 2110. The SMILES string of the molecule is COc1ccc(C(OC(CC#N)(O[P@](O)N(C(C)C)C(C)C)C(C)Cn2cnc3c(=O)[nH]c(N=CN(C)C)nc32)(c2ccccc2)c2ccc(OC)cc2)cc1. The summed E-state index contributed by atoms with van der Waals surface area (Å²) < 4.78 is 29.2. The molecule has 0 amide bonds. The number of fused-ring (bicyclic) bond motifs is 1. The number of aromatic nitrogens is 4. The summed E-state index contributed by atoms with van der Waals surface area (Å²) in [4.78, 5) is 43.0. The van der Waals surface area contributed by atoms with Gasteiger partial charge in [-0.05, 0) is 68.7 Å². The van der Waals surface area contributed by atoms with E-state index in [9.17, 15) is 14.9 Å². The van der Waals surface area contributed by atoms with Crippen LogP contribution in [0.5, 0.6) is 11.5 Å². The molecule has 0 spiro atoms. The van der Waals surface area contributed by atoms with Gasteiger partial charge in [0.05, 0.1) is 39.4 Å². The highest BCUT2D eigenvalue weighted by atomic mass is 31.2. The highest BCUT2D eigenvalue weighted by Crippen LogP contribution is 2.53. The number of aliphatic imine (C=N–C) groups is 1. The molecule has 0 fully saturated rings. The maximum atomic E-state index is 13.1. The van der Waals surface area contributed by atoms with E-state index in [2.05, 4.69) is 26.0 Å². The zero-order chi connectivity index (χ0) is 40.6. The van der Waals surface area contributed by atoms with Crippen molar-refractivity contribution in [3.8, 4) is 17.6 Å². The van der Waals surface area contributed by atoms with Gasteiger partial charge in [-0.3, -0.25) is 14.3 Å². The van der Waals surface area contributed by atoms with Crippen LogP contribution in [0.25, 0.3) is 11.2 Å². The predicted octanol–water partition coefficient (Wildman–Crippen LogP) is 6.97. The van der Waals surface area contributed by atoms with Gasteiger partial charge in [0.15, 0.2) is 17.0 Å². The molecule has 296 valence electrons. The molecule has 14 nitrogen and oxygen atoms in total. The summed E-state index contributed by atoms with van der Waals surface area (Å²) in [5, 5.41) is 10.7. The van der Waals surface area contributed by atoms with Crippen molar-refractivity contribution in [1.82, 2.24) is 29.1 Å². The number of imidazole rings is 1. The quantitative estimate of drug-likeness (QED) is 0.0310. The molecular weight excluding hydrogens is 731 g/mol. The van der Waals surface area contributed by atoms with Crippen LogP contribution in [-0.4, -0.2) is 86.5 Å². The summed E-state index contributed by atoms with van der Waals surface area (Å²) in [6.45, 7) is 9.92. The Hall–Kier alpha value is -5.16. The van der Waals surface area contributed by atoms with E-state index in [4.69, 9.17) is 18.7 Å². The van der Waals surface area contributed by atoms with Crippen molar-refractivity contribution in [2.45, 2.75) is 71.1 Å². The molecule has 3 atom stereocenters. The molecule has 2 unspecified atom stereocenters. The predicted molar refractivity (Wildman–Crippen MR) is 218 cm³/mol. The Morgan fingerprint density at radius 1 is 0.929 bits per heavy atom. The van der Waals surface area contributed by atoms with Gasteiger partial charge in [0.25, 0.3) is 14.1 Å². The van der Waals surface area contributed by atoms with E-state index in [-0.39, 0.29) is 42.2 Å².